The van der Waals surface area contributed by atoms with Gasteiger partial charge in [0.1, 0.15) is 12.4 Å². The highest BCUT2D eigenvalue weighted by molar-refractivity contribution is 6.24. The van der Waals surface area contributed by atoms with Crippen molar-refractivity contribution in [1.82, 2.24) is 20.0 Å². The zero-order valence-electron chi connectivity index (χ0n) is 18.9. The second-order valence-corrected chi connectivity index (χ2v) is 8.52. The molecule has 0 saturated heterocycles. The van der Waals surface area contributed by atoms with E-state index < -0.39 is 36.7 Å². The number of benzene rings is 1. The molecule has 186 valence electrons. The van der Waals surface area contributed by atoms with Crippen molar-refractivity contribution in [3.63, 3.8) is 0 Å². The van der Waals surface area contributed by atoms with Crippen LogP contribution in [0, 0.1) is 0 Å². The number of hydrogen-bond acceptors (Lipinski definition) is 5. The number of carbonyl (C=O) groups excluding carboxylic acids is 1. The van der Waals surface area contributed by atoms with Crippen LogP contribution in [0.3, 0.4) is 0 Å². The molecule has 2 aliphatic heterocycles. The topological polar surface area (TPSA) is 88.5 Å². The van der Waals surface area contributed by atoms with Gasteiger partial charge < -0.3 is 16.0 Å². The van der Waals surface area contributed by atoms with Crippen LogP contribution in [-0.4, -0.2) is 45.4 Å². The number of amidine groups is 1. The standard InChI is InChI=1S/C23H23F5N6O/c1-12-8-33-9-15(16-7-30-34(10-16)11-20(24)25)5-19(21(33)31-12)22(35)32-13(2)14-3-17(23(26,27)28)6-18(29)4-14/h3-7,9-10,12-13,20H,8,11,29H2,1-2H3,(H,32,35)/t12-,13-/m1/s1. The minimum Gasteiger partial charge on any atom is -0.399 e. The Morgan fingerprint density at radius 3 is 2.71 bits per heavy atom. The number of carbonyl (C=O) groups is 1. The molecule has 2 atom stereocenters. The molecule has 12 heteroatoms. The number of hydrogen-bond donors (Lipinski definition) is 2. The van der Waals surface area contributed by atoms with Gasteiger partial charge in [-0.2, -0.15) is 18.3 Å². The van der Waals surface area contributed by atoms with Gasteiger partial charge in [-0.15, -0.1) is 0 Å². The molecule has 0 radical (unpaired) electrons. The van der Waals surface area contributed by atoms with Gasteiger partial charge in [-0.3, -0.25) is 14.5 Å². The number of halogens is 5. The average Bonchev–Trinajstić information content (AvgIpc) is 3.36. The Kier molecular flexibility index (Phi) is 6.39. The first-order chi connectivity index (χ1) is 16.4. The van der Waals surface area contributed by atoms with E-state index in [0.29, 0.717) is 23.5 Å². The number of nitrogens with two attached hydrogens (primary N) is 1. The molecule has 3 heterocycles. The highest BCUT2D eigenvalue weighted by Gasteiger charge is 2.33. The van der Waals surface area contributed by atoms with E-state index in [4.69, 9.17) is 5.73 Å². The van der Waals surface area contributed by atoms with Gasteiger partial charge in [0.05, 0.1) is 29.4 Å². The highest BCUT2D eigenvalue weighted by atomic mass is 19.4. The number of aromatic nitrogens is 2. The average molecular weight is 494 g/mol. The van der Waals surface area contributed by atoms with Crippen molar-refractivity contribution in [2.45, 2.75) is 45.1 Å². The van der Waals surface area contributed by atoms with Crippen LogP contribution in [0.5, 0.6) is 0 Å². The fraction of sp³-hybridized carbons (Fsp3) is 0.348. The summed E-state index contributed by atoms with van der Waals surface area (Å²) in [4.78, 5) is 19.5. The van der Waals surface area contributed by atoms with Crippen LogP contribution in [-0.2, 0) is 17.5 Å². The molecule has 1 aromatic heterocycles. The Morgan fingerprint density at radius 1 is 1.29 bits per heavy atom. The summed E-state index contributed by atoms with van der Waals surface area (Å²) in [5, 5.41) is 6.66. The predicted molar refractivity (Wildman–Crippen MR) is 120 cm³/mol. The third kappa shape index (κ3) is 5.36. The largest absolute Gasteiger partial charge is 0.416 e. The molecule has 0 saturated carbocycles. The number of amides is 1. The van der Waals surface area contributed by atoms with Crippen molar-refractivity contribution in [2.24, 2.45) is 4.99 Å². The van der Waals surface area contributed by atoms with E-state index >= 15 is 0 Å². The molecule has 0 bridgehead atoms. The summed E-state index contributed by atoms with van der Waals surface area (Å²) in [7, 11) is 0. The first-order valence-electron chi connectivity index (χ1n) is 10.8. The Morgan fingerprint density at radius 2 is 2.03 bits per heavy atom. The van der Waals surface area contributed by atoms with E-state index in [0.717, 1.165) is 16.8 Å². The molecule has 0 spiro atoms. The molecule has 4 rings (SSSR count). The number of nitrogens with one attached hydrogen (secondary N) is 1. The van der Waals surface area contributed by atoms with Crippen LogP contribution in [0.4, 0.5) is 27.6 Å². The van der Waals surface area contributed by atoms with Crippen LogP contribution in [0.1, 0.15) is 36.6 Å². The summed E-state index contributed by atoms with van der Waals surface area (Å²) < 4.78 is 66.1. The molecule has 3 N–H and O–H groups in total. The Labute approximate surface area is 197 Å². The molecule has 0 fully saturated rings. The summed E-state index contributed by atoms with van der Waals surface area (Å²) in [5.41, 5.74) is 6.19. The molecule has 35 heavy (non-hydrogen) atoms. The highest BCUT2D eigenvalue weighted by Crippen LogP contribution is 2.33. The second-order valence-electron chi connectivity index (χ2n) is 8.52. The second kappa shape index (κ2) is 9.16. The monoisotopic (exact) mass is 494 g/mol. The number of fused-ring (bicyclic) bond motifs is 1. The van der Waals surface area contributed by atoms with Crippen molar-refractivity contribution < 1.29 is 26.7 Å². The lowest BCUT2D eigenvalue weighted by molar-refractivity contribution is -0.137. The fourth-order valence-corrected chi connectivity index (χ4v) is 3.98. The summed E-state index contributed by atoms with van der Waals surface area (Å²) in [6.07, 6.45) is -0.928. The van der Waals surface area contributed by atoms with Gasteiger partial charge in [0, 0.05) is 35.8 Å². The van der Waals surface area contributed by atoms with Gasteiger partial charge in [-0.1, -0.05) is 0 Å². The van der Waals surface area contributed by atoms with E-state index in [1.165, 1.54) is 18.5 Å². The zero-order chi connectivity index (χ0) is 25.5. The quantitative estimate of drug-likeness (QED) is 0.469. The van der Waals surface area contributed by atoms with Crippen molar-refractivity contribution in [3.05, 3.63) is 65.1 Å². The van der Waals surface area contributed by atoms with Crippen LogP contribution in [0.2, 0.25) is 0 Å². The lowest BCUT2D eigenvalue weighted by Gasteiger charge is -2.25. The maximum Gasteiger partial charge on any atom is 0.416 e. The number of rotatable bonds is 6. The summed E-state index contributed by atoms with van der Waals surface area (Å²) in [5.74, 6) is -0.119. The zero-order valence-corrected chi connectivity index (χ0v) is 18.9. The van der Waals surface area contributed by atoms with Crippen molar-refractivity contribution in [2.75, 3.05) is 12.3 Å². The van der Waals surface area contributed by atoms with Crippen molar-refractivity contribution in [3.8, 4) is 0 Å². The Balaban J connectivity index is 1.61. The molecule has 2 aliphatic rings. The van der Waals surface area contributed by atoms with Crippen LogP contribution in [0.25, 0.3) is 5.57 Å². The molecular formula is C23H23F5N6O. The molecule has 0 unspecified atom stereocenters. The number of nitrogen functional groups attached to an aromatic ring is 1. The maximum atomic E-state index is 13.2. The smallest absolute Gasteiger partial charge is 0.399 e. The minimum atomic E-state index is -4.58. The number of allylic oxidation sites excluding steroid dienone is 2. The van der Waals surface area contributed by atoms with E-state index in [1.807, 2.05) is 6.92 Å². The van der Waals surface area contributed by atoms with E-state index in [9.17, 15) is 26.7 Å². The number of alkyl halides is 5. The Hall–Kier alpha value is -3.70. The van der Waals surface area contributed by atoms with Gasteiger partial charge in [0.25, 0.3) is 12.3 Å². The summed E-state index contributed by atoms with van der Waals surface area (Å²) in [6.45, 7) is 3.38. The molecule has 1 amide bonds. The first kappa shape index (κ1) is 24.4. The molecule has 1 aromatic carbocycles. The van der Waals surface area contributed by atoms with Crippen LogP contribution < -0.4 is 11.1 Å². The number of nitrogens with zero attached hydrogens (tertiary/aromatic N) is 4. The Bertz CT molecular complexity index is 1230. The third-order valence-corrected chi connectivity index (χ3v) is 5.60. The van der Waals surface area contributed by atoms with Crippen molar-refractivity contribution >= 4 is 23.0 Å². The van der Waals surface area contributed by atoms with Crippen LogP contribution >= 0.6 is 0 Å². The molecule has 0 aliphatic carbocycles. The van der Waals surface area contributed by atoms with E-state index in [1.54, 1.807) is 24.1 Å². The third-order valence-electron chi connectivity index (χ3n) is 5.60. The predicted octanol–water partition coefficient (Wildman–Crippen LogP) is 4.01. The van der Waals surface area contributed by atoms with Crippen LogP contribution in [0.15, 0.2) is 53.4 Å². The fourth-order valence-electron chi connectivity index (χ4n) is 3.98. The van der Waals surface area contributed by atoms with Gasteiger partial charge in [-0.05, 0) is 43.7 Å². The van der Waals surface area contributed by atoms with E-state index in [2.05, 4.69) is 15.4 Å². The summed E-state index contributed by atoms with van der Waals surface area (Å²) in [6, 6.07) is 2.27. The molecular weight excluding hydrogens is 471 g/mol. The summed E-state index contributed by atoms with van der Waals surface area (Å²) >= 11 is 0. The SMILES string of the molecule is C[C@@H]1CN2C=C(c3cnn(CC(F)F)c3)C=C(C(=O)N[C@H](C)c3cc(N)cc(C(F)(F)F)c3)C2=N1. The number of aliphatic imine (C=N–C) groups is 1. The van der Waals surface area contributed by atoms with Gasteiger partial charge in [0.15, 0.2) is 0 Å². The molecule has 7 nitrogen and oxygen atoms in total. The molecule has 2 aromatic rings. The van der Waals surface area contributed by atoms with Crippen molar-refractivity contribution in [1.29, 1.82) is 0 Å². The lowest BCUT2D eigenvalue weighted by Crippen LogP contribution is -2.36. The lowest BCUT2D eigenvalue weighted by atomic mass is 10.0. The van der Waals surface area contributed by atoms with Gasteiger partial charge >= 0.3 is 6.18 Å². The number of anilines is 1. The van der Waals surface area contributed by atoms with E-state index in [-0.39, 0.29) is 22.9 Å². The normalized spacial score (nSPS) is 18.7. The maximum absolute atomic E-state index is 13.2. The van der Waals surface area contributed by atoms with Gasteiger partial charge in [0.2, 0.25) is 0 Å². The van der Waals surface area contributed by atoms with Gasteiger partial charge in [-0.25, -0.2) is 8.78 Å². The minimum absolute atomic E-state index is 0.0704. The first-order valence-corrected chi connectivity index (χ1v) is 10.8.